The number of carbonyl (C=O) groups excluding carboxylic acids is 1. The van der Waals surface area contributed by atoms with Crippen molar-refractivity contribution in [2.24, 2.45) is 0 Å². The lowest BCUT2D eigenvalue weighted by Gasteiger charge is -2.13. The number of anilines is 1. The Bertz CT molecular complexity index is 415. The van der Waals surface area contributed by atoms with Crippen molar-refractivity contribution in [1.29, 1.82) is 0 Å². The van der Waals surface area contributed by atoms with Gasteiger partial charge in [0.15, 0.2) is 11.5 Å². The van der Waals surface area contributed by atoms with Gasteiger partial charge in [-0.3, -0.25) is 4.79 Å². The average molecular weight is 207 g/mol. The van der Waals surface area contributed by atoms with Crippen LogP contribution in [0.25, 0.3) is 0 Å². The van der Waals surface area contributed by atoms with E-state index in [0.29, 0.717) is 17.9 Å². The van der Waals surface area contributed by atoms with Gasteiger partial charge in [-0.2, -0.15) is 0 Å². The van der Waals surface area contributed by atoms with Crippen molar-refractivity contribution >= 4 is 11.6 Å². The van der Waals surface area contributed by atoms with Crippen LogP contribution in [0.5, 0.6) is 11.5 Å². The number of amides is 1. The van der Waals surface area contributed by atoms with Gasteiger partial charge in [0.1, 0.15) is 0 Å². The second-order valence-electron chi connectivity index (χ2n) is 3.47. The second kappa shape index (κ2) is 3.46. The van der Waals surface area contributed by atoms with Crippen molar-refractivity contribution in [3.63, 3.8) is 0 Å². The molecule has 0 radical (unpaired) electrons. The molecule has 1 aliphatic rings. The Morgan fingerprint density at radius 2 is 1.80 bits per heavy atom. The number of hydrogen-bond donors (Lipinski definition) is 0. The van der Waals surface area contributed by atoms with Crippen LogP contribution in [0, 0.1) is 0 Å². The highest BCUT2D eigenvalue weighted by molar-refractivity contribution is 6.01. The van der Waals surface area contributed by atoms with Gasteiger partial charge in [-0.25, -0.2) is 0 Å². The number of fused-ring (bicyclic) bond motifs is 1. The molecule has 0 N–H and O–H groups in total. The summed E-state index contributed by atoms with van der Waals surface area (Å²) in [5.74, 6) is 1.41. The molecule has 0 fully saturated rings. The highest BCUT2D eigenvalue weighted by Gasteiger charge is 2.26. The van der Waals surface area contributed by atoms with E-state index in [-0.39, 0.29) is 5.91 Å². The number of nitrogens with zero attached hydrogens (tertiary/aromatic N) is 1. The molecule has 0 aromatic heterocycles. The minimum absolute atomic E-state index is 0.0975. The molecule has 0 saturated carbocycles. The van der Waals surface area contributed by atoms with Crippen LogP contribution in [-0.2, 0) is 11.2 Å². The van der Waals surface area contributed by atoms with Gasteiger partial charge in [0.05, 0.1) is 26.3 Å². The van der Waals surface area contributed by atoms with Gasteiger partial charge in [0.2, 0.25) is 5.91 Å². The van der Waals surface area contributed by atoms with E-state index in [1.165, 1.54) is 0 Å². The number of likely N-dealkylation sites (N-methyl/N-ethyl adjacent to an activating group) is 1. The molecule has 1 heterocycles. The topological polar surface area (TPSA) is 38.8 Å². The summed E-state index contributed by atoms with van der Waals surface area (Å²) >= 11 is 0. The molecule has 80 valence electrons. The maximum atomic E-state index is 11.5. The molecule has 2 rings (SSSR count). The summed E-state index contributed by atoms with van der Waals surface area (Å²) in [4.78, 5) is 13.1. The van der Waals surface area contributed by atoms with Gasteiger partial charge in [0.25, 0.3) is 0 Å². The maximum Gasteiger partial charge on any atom is 0.231 e. The molecule has 1 aliphatic heterocycles. The normalized spacial score (nSPS) is 14.1. The van der Waals surface area contributed by atoms with Crippen molar-refractivity contribution in [3.8, 4) is 11.5 Å². The summed E-state index contributed by atoms with van der Waals surface area (Å²) in [5.41, 5.74) is 1.89. The van der Waals surface area contributed by atoms with E-state index in [0.717, 1.165) is 11.3 Å². The van der Waals surface area contributed by atoms with Crippen molar-refractivity contribution in [1.82, 2.24) is 0 Å². The Morgan fingerprint density at radius 1 is 1.20 bits per heavy atom. The lowest BCUT2D eigenvalue weighted by molar-refractivity contribution is -0.117. The molecule has 15 heavy (non-hydrogen) atoms. The molecule has 1 amide bonds. The van der Waals surface area contributed by atoms with Crippen LogP contribution in [-0.4, -0.2) is 27.2 Å². The number of ether oxygens (including phenoxy) is 2. The van der Waals surface area contributed by atoms with Gasteiger partial charge in [0, 0.05) is 13.1 Å². The average Bonchev–Trinajstić information content (AvgIpc) is 2.53. The second-order valence-corrected chi connectivity index (χ2v) is 3.47. The lowest BCUT2D eigenvalue weighted by Crippen LogP contribution is -2.20. The molecule has 4 heteroatoms. The van der Waals surface area contributed by atoms with Gasteiger partial charge in [-0.05, 0) is 11.6 Å². The third-order valence-electron chi connectivity index (χ3n) is 2.66. The molecule has 0 bridgehead atoms. The molecule has 0 aliphatic carbocycles. The highest BCUT2D eigenvalue weighted by Crippen LogP contribution is 2.38. The minimum atomic E-state index is 0.0975. The van der Waals surface area contributed by atoms with Crippen LogP contribution in [0.15, 0.2) is 12.1 Å². The smallest absolute Gasteiger partial charge is 0.231 e. The number of carbonyl (C=O) groups is 1. The van der Waals surface area contributed by atoms with Crippen LogP contribution in [0.3, 0.4) is 0 Å². The fourth-order valence-corrected chi connectivity index (χ4v) is 1.78. The molecule has 4 nitrogen and oxygen atoms in total. The molecule has 0 saturated heterocycles. The first-order valence-electron chi connectivity index (χ1n) is 4.69. The van der Waals surface area contributed by atoms with Crippen molar-refractivity contribution < 1.29 is 14.3 Å². The zero-order valence-electron chi connectivity index (χ0n) is 9.03. The third-order valence-corrected chi connectivity index (χ3v) is 2.66. The molecular formula is C11H13NO3. The van der Waals surface area contributed by atoms with Crippen molar-refractivity contribution in [2.75, 3.05) is 26.2 Å². The van der Waals surface area contributed by atoms with Gasteiger partial charge >= 0.3 is 0 Å². The molecule has 0 atom stereocenters. The van der Waals surface area contributed by atoms with Crippen molar-refractivity contribution in [2.45, 2.75) is 6.42 Å². The summed E-state index contributed by atoms with van der Waals surface area (Å²) < 4.78 is 10.4. The highest BCUT2D eigenvalue weighted by atomic mass is 16.5. The quantitative estimate of drug-likeness (QED) is 0.732. The molecule has 1 aromatic carbocycles. The zero-order chi connectivity index (χ0) is 11.0. The Balaban J connectivity index is 2.53. The first kappa shape index (κ1) is 9.83. The molecule has 0 unspecified atom stereocenters. The third kappa shape index (κ3) is 1.42. The summed E-state index contributed by atoms with van der Waals surface area (Å²) in [6.07, 6.45) is 0.437. The number of benzene rings is 1. The standard InChI is InChI=1S/C11H13NO3/c1-12-8-6-10(15-3)9(14-2)4-7(8)5-11(12)13/h4,6H,5H2,1-3H3. The van der Waals surface area contributed by atoms with Gasteiger partial charge < -0.3 is 14.4 Å². The fourth-order valence-electron chi connectivity index (χ4n) is 1.78. The van der Waals surface area contributed by atoms with Crippen LogP contribution in [0.1, 0.15) is 5.56 Å². The van der Waals surface area contributed by atoms with E-state index in [1.54, 1.807) is 26.2 Å². The van der Waals surface area contributed by atoms with E-state index < -0.39 is 0 Å². The van der Waals surface area contributed by atoms with E-state index in [2.05, 4.69) is 0 Å². The van der Waals surface area contributed by atoms with Gasteiger partial charge in [-0.15, -0.1) is 0 Å². The van der Waals surface area contributed by atoms with E-state index in [4.69, 9.17) is 9.47 Å². The summed E-state index contributed by atoms with van der Waals surface area (Å²) in [7, 11) is 4.94. The van der Waals surface area contributed by atoms with Crippen LogP contribution in [0.4, 0.5) is 5.69 Å². The first-order chi connectivity index (χ1) is 7.17. The molecular weight excluding hydrogens is 194 g/mol. The van der Waals surface area contributed by atoms with E-state index in [9.17, 15) is 4.79 Å². The Kier molecular flexibility index (Phi) is 2.26. The Labute approximate surface area is 88.4 Å². The summed E-state index contributed by atoms with van der Waals surface area (Å²) in [5, 5.41) is 0. The monoisotopic (exact) mass is 207 g/mol. The van der Waals surface area contributed by atoms with Crippen molar-refractivity contribution in [3.05, 3.63) is 17.7 Å². The van der Waals surface area contributed by atoms with E-state index in [1.807, 2.05) is 12.1 Å². The first-order valence-corrected chi connectivity index (χ1v) is 4.69. The number of methoxy groups -OCH3 is 2. The SMILES string of the molecule is COc1cc2c(cc1OC)N(C)C(=O)C2. The largest absolute Gasteiger partial charge is 0.493 e. The Hall–Kier alpha value is -1.71. The maximum absolute atomic E-state index is 11.5. The van der Waals surface area contributed by atoms with Crippen LogP contribution in [0.2, 0.25) is 0 Å². The zero-order valence-corrected chi connectivity index (χ0v) is 9.03. The van der Waals surface area contributed by atoms with E-state index >= 15 is 0 Å². The van der Waals surface area contributed by atoms with Crippen LogP contribution < -0.4 is 14.4 Å². The molecule has 1 aromatic rings. The predicted octanol–water partition coefficient (Wildman–Crippen LogP) is 1.22. The van der Waals surface area contributed by atoms with Gasteiger partial charge in [-0.1, -0.05) is 0 Å². The number of hydrogen-bond acceptors (Lipinski definition) is 3. The minimum Gasteiger partial charge on any atom is -0.493 e. The lowest BCUT2D eigenvalue weighted by atomic mass is 10.1. The Morgan fingerprint density at radius 3 is 2.40 bits per heavy atom. The number of rotatable bonds is 2. The molecule has 0 spiro atoms. The summed E-state index contributed by atoms with van der Waals surface area (Å²) in [6.45, 7) is 0. The summed E-state index contributed by atoms with van der Waals surface area (Å²) in [6, 6.07) is 3.69. The predicted molar refractivity (Wildman–Crippen MR) is 56.7 cm³/mol. The van der Waals surface area contributed by atoms with Crippen LogP contribution >= 0.6 is 0 Å². The fraction of sp³-hybridized carbons (Fsp3) is 0.364.